The molecule has 0 heterocycles. The molecule has 1 fully saturated rings. The fourth-order valence-electron chi connectivity index (χ4n) is 3.32. The second kappa shape index (κ2) is 6.17. The van der Waals surface area contributed by atoms with E-state index in [9.17, 15) is 5.11 Å². The molecule has 1 saturated carbocycles. The van der Waals surface area contributed by atoms with E-state index in [1.165, 1.54) is 22.8 Å². The number of aliphatic hydroxyl groups is 1. The molecule has 1 atom stereocenters. The monoisotopic (exact) mass is 283 g/mol. The van der Waals surface area contributed by atoms with Gasteiger partial charge in [-0.05, 0) is 42.2 Å². The van der Waals surface area contributed by atoms with Gasteiger partial charge in [0.15, 0.2) is 0 Å². The molecule has 2 heteroatoms. The third-order valence-corrected chi connectivity index (χ3v) is 4.80. The molecule has 112 valence electrons. The van der Waals surface area contributed by atoms with Gasteiger partial charge in [-0.1, -0.05) is 55.7 Å². The van der Waals surface area contributed by atoms with E-state index in [2.05, 4.69) is 54.7 Å². The largest absolute Gasteiger partial charge is 0.389 e. The first-order valence-electron chi connectivity index (χ1n) is 8.11. The molecule has 2 nitrogen and oxygen atoms in total. The summed E-state index contributed by atoms with van der Waals surface area (Å²) in [6.45, 7) is 2.87. The SMILES string of the molecule is CC(NCC1(O)CCCCC1)c1ccc2ccccc2c1. The second-order valence-corrected chi connectivity index (χ2v) is 6.49. The molecule has 0 radical (unpaired) electrons. The molecule has 1 unspecified atom stereocenters. The predicted octanol–water partition coefficient (Wildman–Crippen LogP) is 4.19. The Hall–Kier alpha value is -1.38. The van der Waals surface area contributed by atoms with Crippen molar-refractivity contribution in [1.29, 1.82) is 0 Å². The van der Waals surface area contributed by atoms with Crippen LogP contribution in [0.4, 0.5) is 0 Å². The van der Waals surface area contributed by atoms with Crippen LogP contribution >= 0.6 is 0 Å². The summed E-state index contributed by atoms with van der Waals surface area (Å²) in [5.41, 5.74) is 0.789. The first-order valence-corrected chi connectivity index (χ1v) is 8.11. The van der Waals surface area contributed by atoms with Crippen molar-refractivity contribution >= 4 is 10.8 Å². The average Bonchev–Trinajstić information content (AvgIpc) is 2.53. The summed E-state index contributed by atoms with van der Waals surface area (Å²) in [7, 11) is 0. The maximum Gasteiger partial charge on any atom is 0.0771 e. The van der Waals surface area contributed by atoms with Gasteiger partial charge in [0.1, 0.15) is 0 Å². The van der Waals surface area contributed by atoms with Crippen LogP contribution < -0.4 is 5.32 Å². The fraction of sp³-hybridized carbons (Fsp3) is 0.474. The fourth-order valence-corrected chi connectivity index (χ4v) is 3.32. The van der Waals surface area contributed by atoms with Gasteiger partial charge in [0.05, 0.1) is 5.60 Å². The predicted molar refractivity (Wildman–Crippen MR) is 88.4 cm³/mol. The van der Waals surface area contributed by atoms with E-state index >= 15 is 0 Å². The van der Waals surface area contributed by atoms with Gasteiger partial charge in [-0.2, -0.15) is 0 Å². The van der Waals surface area contributed by atoms with Crippen molar-refractivity contribution in [2.24, 2.45) is 0 Å². The zero-order chi connectivity index (χ0) is 14.7. The molecule has 0 aliphatic heterocycles. The van der Waals surface area contributed by atoms with E-state index in [0.29, 0.717) is 6.54 Å². The molecule has 0 amide bonds. The Labute approximate surface area is 127 Å². The van der Waals surface area contributed by atoms with Gasteiger partial charge < -0.3 is 10.4 Å². The summed E-state index contributed by atoms with van der Waals surface area (Å²) in [5, 5.41) is 16.7. The lowest BCUT2D eigenvalue weighted by molar-refractivity contribution is 0.00300. The highest BCUT2D eigenvalue weighted by molar-refractivity contribution is 5.83. The van der Waals surface area contributed by atoms with Crippen LogP contribution in [-0.2, 0) is 0 Å². The Morgan fingerprint density at radius 1 is 1.05 bits per heavy atom. The maximum absolute atomic E-state index is 10.6. The summed E-state index contributed by atoms with van der Waals surface area (Å²) < 4.78 is 0. The molecule has 0 bridgehead atoms. The number of rotatable bonds is 4. The molecule has 2 N–H and O–H groups in total. The Morgan fingerprint density at radius 2 is 1.76 bits per heavy atom. The third-order valence-electron chi connectivity index (χ3n) is 4.80. The minimum absolute atomic E-state index is 0.264. The Kier molecular flexibility index (Phi) is 4.27. The maximum atomic E-state index is 10.6. The van der Waals surface area contributed by atoms with Crippen LogP contribution in [-0.4, -0.2) is 17.3 Å². The first-order chi connectivity index (χ1) is 10.2. The first kappa shape index (κ1) is 14.6. The van der Waals surface area contributed by atoms with Crippen LogP contribution in [0.1, 0.15) is 50.6 Å². The zero-order valence-electron chi connectivity index (χ0n) is 12.8. The highest BCUT2D eigenvalue weighted by Gasteiger charge is 2.29. The summed E-state index contributed by atoms with van der Waals surface area (Å²) in [4.78, 5) is 0. The molecule has 21 heavy (non-hydrogen) atoms. The standard InChI is InChI=1S/C19H25NO/c1-15(20-14-19(21)11-5-2-6-12-19)17-10-9-16-7-3-4-8-18(16)13-17/h3-4,7-10,13,15,20-21H,2,5-6,11-12,14H2,1H3. The van der Waals surface area contributed by atoms with Gasteiger partial charge in [0.2, 0.25) is 0 Å². The molecule has 0 spiro atoms. The lowest BCUT2D eigenvalue weighted by atomic mass is 9.84. The van der Waals surface area contributed by atoms with Crippen molar-refractivity contribution in [2.75, 3.05) is 6.54 Å². The van der Waals surface area contributed by atoms with Gasteiger partial charge in [0, 0.05) is 12.6 Å². The third kappa shape index (κ3) is 3.45. The van der Waals surface area contributed by atoms with Crippen molar-refractivity contribution in [2.45, 2.75) is 50.7 Å². The van der Waals surface area contributed by atoms with Crippen molar-refractivity contribution in [1.82, 2.24) is 5.32 Å². The summed E-state index contributed by atoms with van der Waals surface area (Å²) >= 11 is 0. The zero-order valence-corrected chi connectivity index (χ0v) is 12.8. The Bertz CT molecular complexity index is 601. The number of benzene rings is 2. The van der Waals surface area contributed by atoms with Crippen molar-refractivity contribution in [3.63, 3.8) is 0 Å². The molecule has 2 aromatic rings. The van der Waals surface area contributed by atoms with E-state index in [4.69, 9.17) is 0 Å². The van der Waals surface area contributed by atoms with Crippen LogP contribution in [0, 0.1) is 0 Å². The number of hydrogen-bond acceptors (Lipinski definition) is 2. The molecular formula is C19H25NO. The lowest BCUT2D eigenvalue weighted by Gasteiger charge is -2.33. The number of nitrogens with one attached hydrogen (secondary N) is 1. The van der Waals surface area contributed by atoms with Crippen LogP contribution in [0.2, 0.25) is 0 Å². The molecule has 3 rings (SSSR count). The molecule has 0 aromatic heterocycles. The molecule has 0 saturated heterocycles. The van der Waals surface area contributed by atoms with Crippen LogP contribution in [0.5, 0.6) is 0 Å². The molecular weight excluding hydrogens is 258 g/mol. The van der Waals surface area contributed by atoms with Gasteiger partial charge in [-0.15, -0.1) is 0 Å². The van der Waals surface area contributed by atoms with E-state index in [1.54, 1.807) is 0 Å². The summed E-state index contributed by atoms with van der Waals surface area (Å²) in [6, 6.07) is 15.3. The van der Waals surface area contributed by atoms with Crippen molar-refractivity contribution in [3.05, 3.63) is 48.0 Å². The molecule has 2 aromatic carbocycles. The number of hydrogen-bond donors (Lipinski definition) is 2. The van der Waals surface area contributed by atoms with Gasteiger partial charge >= 0.3 is 0 Å². The minimum atomic E-state index is -0.497. The average molecular weight is 283 g/mol. The van der Waals surface area contributed by atoms with Gasteiger partial charge in [-0.25, -0.2) is 0 Å². The van der Waals surface area contributed by atoms with Gasteiger partial charge in [0.25, 0.3) is 0 Å². The quantitative estimate of drug-likeness (QED) is 0.882. The molecule has 1 aliphatic rings. The second-order valence-electron chi connectivity index (χ2n) is 6.49. The number of fused-ring (bicyclic) bond motifs is 1. The van der Waals surface area contributed by atoms with E-state index in [1.807, 2.05) is 0 Å². The smallest absolute Gasteiger partial charge is 0.0771 e. The van der Waals surface area contributed by atoms with Gasteiger partial charge in [-0.3, -0.25) is 0 Å². The van der Waals surface area contributed by atoms with Crippen LogP contribution in [0.3, 0.4) is 0 Å². The van der Waals surface area contributed by atoms with E-state index in [0.717, 1.165) is 25.7 Å². The lowest BCUT2D eigenvalue weighted by Crippen LogP contribution is -2.42. The normalized spacial score (nSPS) is 19.5. The van der Waals surface area contributed by atoms with Crippen LogP contribution in [0.15, 0.2) is 42.5 Å². The van der Waals surface area contributed by atoms with Crippen molar-refractivity contribution in [3.8, 4) is 0 Å². The highest BCUT2D eigenvalue weighted by atomic mass is 16.3. The van der Waals surface area contributed by atoms with E-state index in [-0.39, 0.29) is 6.04 Å². The van der Waals surface area contributed by atoms with E-state index < -0.39 is 5.60 Å². The summed E-state index contributed by atoms with van der Waals surface area (Å²) in [5.74, 6) is 0. The summed E-state index contributed by atoms with van der Waals surface area (Å²) in [6.07, 6.45) is 5.45. The molecule has 1 aliphatic carbocycles. The topological polar surface area (TPSA) is 32.3 Å². The van der Waals surface area contributed by atoms with Crippen molar-refractivity contribution < 1.29 is 5.11 Å². The highest BCUT2D eigenvalue weighted by Crippen LogP contribution is 2.28. The Balaban J connectivity index is 1.67. The Morgan fingerprint density at radius 3 is 2.52 bits per heavy atom. The minimum Gasteiger partial charge on any atom is -0.389 e. The van der Waals surface area contributed by atoms with Crippen LogP contribution in [0.25, 0.3) is 10.8 Å².